The fourth-order valence-corrected chi connectivity index (χ4v) is 3.18. The number of alkyl halides is 2. The summed E-state index contributed by atoms with van der Waals surface area (Å²) in [6.45, 7) is 9.30. The zero-order valence-corrected chi connectivity index (χ0v) is 14.2. The van der Waals surface area contributed by atoms with Crippen molar-refractivity contribution in [3.05, 3.63) is 39.8 Å². The Kier molecular flexibility index (Phi) is 4.01. The van der Waals surface area contributed by atoms with Crippen LogP contribution in [0.25, 0.3) is 16.6 Å². The second-order valence-electron chi connectivity index (χ2n) is 6.75. The van der Waals surface area contributed by atoms with Gasteiger partial charge in [0.15, 0.2) is 0 Å². The number of nitrogens with zero attached hydrogens (tertiary/aromatic N) is 3. The minimum Gasteiger partial charge on any atom is -0.285 e. The predicted octanol–water partition coefficient (Wildman–Crippen LogP) is 4.19. The number of aromatic nitrogens is 3. The summed E-state index contributed by atoms with van der Waals surface area (Å²) in [6, 6.07) is 1.72. The molecule has 0 unspecified atom stereocenters. The van der Waals surface area contributed by atoms with Gasteiger partial charge in [-0.1, -0.05) is 6.58 Å². The highest BCUT2D eigenvalue weighted by atomic mass is 19.3. The van der Waals surface area contributed by atoms with Crippen LogP contribution in [0, 0.1) is 13.8 Å². The smallest absolute Gasteiger partial charge is 0.248 e. The van der Waals surface area contributed by atoms with Gasteiger partial charge in [0.1, 0.15) is 11.2 Å². The fourth-order valence-electron chi connectivity index (χ4n) is 3.18. The Labute approximate surface area is 139 Å². The molecule has 4 nitrogen and oxygen atoms in total. The molecule has 1 aliphatic carbocycles. The van der Waals surface area contributed by atoms with Crippen molar-refractivity contribution in [1.82, 2.24) is 14.8 Å². The summed E-state index contributed by atoms with van der Waals surface area (Å²) in [5.74, 6) is -2.60. The number of fused-ring (bicyclic) bond motifs is 1. The molecule has 6 heteroatoms. The molecule has 0 aliphatic heterocycles. The Morgan fingerprint density at radius 3 is 2.54 bits per heavy atom. The largest absolute Gasteiger partial charge is 0.285 e. The van der Waals surface area contributed by atoms with E-state index in [2.05, 4.69) is 16.7 Å². The van der Waals surface area contributed by atoms with Gasteiger partial charge < -0.3 is 0 Å². The molecular formula is C18H21F2N3O. The quantitative estimate of drug-likeness (QED) is 0.828. The minimum atomic E-state index is -2.60. The second kappa shape index (κ2) is 5.76. The van der Waals surface area contributed by atoms with Crippen LogP contribution in [0.15, 0.2) is 17.4 Å². The van der Waals surface area contributed by atoms with Crippen molar-refractivity contribution in [3.63, 3.8) is 0 Å². The Bertz CT molecular complexity index is 876. The van der Waals surface area contributed by atoms with Crippen molar-refractivity contribution in [2.45, 2.75) is 58.4 Å². The molecule has 24 heavy (non-hydrogen) atoms. The van der Waals surface area contributed by atoms with E-state index in [0.717, 1.165) is 11.3 Å². The van der Waals surface area contributed by atoms with Crippen LogP contribution in [-0.2, 0) is 0 Å². The van der Waals surface area contributed by atoms with Crippen LogP contribution in [0.2, 0.25) is 0 Å². The average molecular weight is 333 g/mol. The molecule has 0 amide bonds. The van der Waals surface area contributed by atoms with Crippen LogP contribution in [-0.4, -0.2) is 20.7 Å². The standard InChI is InChI=1S/C18H21F2N3O/c1-10(2)15-17(24)16-14(9-11(3)12(4)21-16)23(22-15)13-5-7-18(19,20)8-6-13/h9,13H,1,5-8H2,2-4H3. The van der Waals surface area contributed by atoms with E-state index < -0.39 is 5.92 Å². The zero-order valence-electron chi connectivity index (χ0n) is 14.2. The van der Waals surface area contributed by atoms with Gasteiger partial charge in [0.05, 0.1) is 11.6 Å². The number of hydrogen-bond acceptors (Lipinski definition) is 3. The summed E-state index contributed by atoms with van der Waals surface area (Å²) in [4.78, 5) is 17.1. The first-order chi connectivity index (χ1) is 11.2. The van der Waals surface area contributed by atoms with Gasteiger partial charge in [-0.3, -0.25) is 9.48 Å². The number of allylic oxidation sites excluding steroid dienone is 1. The van der Waals surface area contributed by atoms with E-state index in [1.165, 1.54) is 0 Å². The first kappa shape index (κ1) is 16.7. The lowest BCUT2D eigenvalue weighted by atomic mass is 9.92. The molecule has 0 saturated heterocycles. The van der Waals surface area contributed by atoms with Crippen molar-refractivity contribution < 1.29 is 8.78 Å². The summed E-state index contributed by atoms with van der Waals surface area (Å²) in [5.41, 5.74) is 3.24. The number of halogens is 2. The molecule has 128 valence electrons. The van der Waals surface area contributed by atoms with Crippen molar-refractivity contribution in [2.75, 3.05) is 0 Å². The molecular weight excluding hydrogens is 312 g/mol. The Balaban J connectivity index is 2.23. The van der Waals surface area contributed by atoms with E-state index in [0.29, 0.717) is 29.4 Å². The highest BCUT2D eigenvalue weighted by Gasteiger charge is 2.36. The molecule has 0 bridgehead atoms. The molecule has 0 atom stereocenters. The zero-order chi connectivity index (χ0) is 17.6. The van der Waals surface area contributed by atoms with E-state index in [1.807, 2.05) is 19.9 Å². The lowest BCUT2D eigenvalue weighted by molar-refractivity contribution is -0.0447. The molecule has 0 radical (unpaired) electrons. The van der Waals surface area contributed by atoms with E-state index in [1.54, 1.807) is 11.6 Å². The molecule has 0 aromatic carbocycles. The maximum atomic E-state index is 13.5. The summed E-state index contributed by atoms with van der Waals surface area (Å²) in [5, 5.41) is 4.46. The molecule has 3 rings (SSSR count). The van der Waals surface area contributed by atoms with Crippen molar-refractivity contribution in [1.29, 1.82) is 0 Å². The van der Waals surface area contributed by atoms with Crippen molar-refractivity contribution in [2.24, 2.45) is 0 Å². The van der Waals surface area contributed by atoms with Crippen LogP contribution in [0.5, 0.6) is 0 Å². The Morgan fingerprint density at radius 2 is 1.96 bits per heavy atom. The Morgan fingerprint density at radius 1 is 1.33 bits per heavy atom. The van der Waals surface area contributed by atoms with Crippen molar-refractivity contribution in [3.8, 4) is 0 Å². The second-order valence-corrected chi connectivity index (χ2v) is 6.75. The molecule has 2 aromatic rings. The molecule has 2 aromatic heterocycles. The summed E-state index contributed by atoms with van der Waals surface area (Å²) >= 11 is 0. The van der Waals surface area contributed by atoms with Gasteiger partial charge in [0, 0.05) is 18.5 Å². The van der Waals surface area contributed by atoms with Crippen LogP contribution in [0.3, 0.4) is 0 Å². The lowest BCUT2D eigenvalue weighted by Gasteiger charge is -2.30. The normalized spacial score (nSPS) is 18.0. The fraction of sp³-hybridized carbons (Fsp3) is 0.500. The SMILES string of the molecule is C=C(C)c1nn(C2CCC(F)(F)CC2)c2cc(C)c(C)nc2c1=O. The number of pyridine rings is 1. The molecule has 1 fully saturated rings. The highest BCUT2D eigenvalue weighted by Crippen LogP contribution is 2.39. The third-order valence-electron chi connectivity index (χ3n) is 4.77. The first-order valence-electron chi connectivity index (χ1n) is 8.14. The summed E-state index contributed by atoms with van der Waals surface area (Å²) in [6.07, 6.45) is 0.350. The molecule has 2 heterocycles. The predicted molar refractivity (Wildman–Crippen MR) is 90.4 cm³/mol. The van der Waals surface area contributed by atoms with E-state index >= 15 is 0 Å². The van der Waals surface area contributed by atoms with Gasteiger partial charge in [0.25, 0.3) is 0 Å². The Hall–Kier alpha value is -2.11. The summed E-state index contributed by atoms with van der Waals surface area (Å²) in [7, 11) is 0. The molecule has 0 spiro atoms. The van der Waals surface area contributed by atoms with E-state index in [4.69, 9.17) is 0 Å². The molecule has 1 aliphatic rings. The van der Waals surface area contributed by atoms with Crippen LogP contribution < -0.4 is 5.43 Å². The maximum absolute atomic E-state index is 13.5. The third kappa shape index (κ3) is 2.85. The van der Waals surface area contributed by atoms with Crippen molar-refractivity contribution >= 4 is 16.6 Å². The number of hydrogen-bond donors (Lipinski definition) is 0. The lowest BCUT2D eigenvalue weighted by Crippen LogP contribution is -2.29. The highest BCUT2D eigenvalue weighted by molar-refractivity contribution is 5.78. The van der Waals surface area contributed by atoms with Gasteiger partial charge in [-0.05, 0) is 50.8 Å². The van der Waals surface area contributed by atoms with Gasteiger partial charge >= 0.3 is 0 Å². The van der Waals surface area contributed by atoms with Gasteiger partial charge in [0.2, 0.25) is 11.4 Å². The monoisotopic (exact) mass is 333 g/mol. The number of rotatable bonds is 2. The van der Waals surface area contributed by atoms with Crippen LogP contribution >= 0.6 is 0 Å². The maximum Gasteiger partial charge on any atom is 0.248 e. The van der Waals surface area contributed by atoms with Gasteiger partial charge in [-0.25, -0.2) is 13.8 Å². The minimum absolute atomic E-state index is 0.158. The first-order valence-corrected chi connectivity index (χ1v) is 8.14. The number of aryl methyl sites for hydroxylation is 2. The summed E-state index contributed by atoms with van der Waals surface area (Å²) < 4.78 is 28.7. The average Bonchev–Trinajstić information content (AvgIpc) is 2.50. The third-order valence-corrected chi connectivity index (χ3v) is 4.77. The van der Waals surface area contributed by atoms with Crippen LogP contribution in [0.1, 0.15) is 55.6 Å². The van der Waals surface area contributed by atoms with Crippen LogP contribution in [0.4, 0.5) is 8.78 Å². The van der Waals surface area contributed by atoms with Gasteiger partial charge in [-0.2, -0.15) is 5.10 Å². The van der Waals surface area contributed by atoms with E-state index in [9.17, 15) is 13.6 Å². The van der Waals surface area contributed by atoms with E-state index in [-0.39, 0.29) is 30.0 Å². The topological polar surface area (TPSA) is 47.8 Å². The van der Waals surface area contributed by atoms with Gasteiger partial charge in [-0.15, -0.1) is 0 Å². The molecule has 1 saturated carbocycles. The molecule has 0 N–H and O–H groups in total.